The smallest absolute Gasteiger partial charge is 0.246 e. The number of unbranched alkanes of at least 4 members (excludes halogenated alkanes) is 2. The molecule has 0 spiro atoms. The van der Waals surface area contributed by atoms with Crippen LogP contribution in [0, 0.1) is 17.8 Å². The molecule has 3 N–H and O–H groups in total. The molecule has 1 aliphatic heterocycles. The lowest BCUT2D eigenvalue weighted by Gasteiger charge is -2.32. The van der Waals surface area contributed by atoms with Crippen molar-refractivity contribution in [2.24, 2.45) is 5.92 Å². The van der Waals surface area contributed by atoms with Gasteiger partial charge in [0.25, 0.3) is 0 Å². The van der Waals surface area contributed by atoms with Gasteiger partial charge >= 0.3 is 0 Å². The average Bonchev–Trinajstić information content (AvgIpc) is 3.95. The molecule has 4 aromatic heterocycles. The number of amides is 1. The number of pyridine rings is 1. The van der Waals surface area contributed by atoms with Crippen molar-refractivity contribution in [2.75, 3.05) is 144 Å². The first-order valence-corrected chi connectivity index (χ1v) is 26.6. The Kier molecular flexibility index (Phi) is 25.9. The number of imidazole rings is 1. The third kappa shape index (κ3) is 20.6. The van der Waals surface area contributed by atoms with Gasteiger partial charge in [-0.25, -0.2) is 28.4 Å². The van der Waals surface area contributed by atoms with E-state index in [0.29, 0.717) is 149 Å². The van der Waals surface area contributed by atoms with Gasteiger partial charge in [-0.15, -0.1) is 11.3 Å². The van der Waals surface area contributed by atoms with Crippen LogP contribution in [0.15, 0.2) is 29.0 Å². The van der Waals surface area contributed by atoms with Crippen molar-refractivity contribution in [1.29, 1.82) is 0 Å². The molecule has 19 nitrogen and oxygen atoms in total. The van der Waals surface area contributed by atoms with E-state index in [-0.39, 0.29) is 11.1 Å². The lowest BCUT2D eigenvalue weighted by atomic mass is 9.96. The molecule has 1 amide bonds. The number of aromatic nitrogens is 5. The van der Waals surface area contributed by atoms with Crippen LogP contribution in [0.5, 0.6) is 0 Å². The summed E-state index contributed by atoms with van der Waals surface area (Å²) in [6.07, 6.45) is 10.7. The van der Waals surface area contributed by atoms with Crippen molar-refractivity contribution in [2.45, 2.75) is 70.0 Å². The van der Waals surface area contributed by atoms with Crippen LogP contribution in [-0.2, 0) is 65.5 Å². The summed E-state index contributed by atoms with van der Waals surface area (Å²) in [6.45, 7) is 14.6. The number of fused-ring (bicyclic) bond motifs is 3. The number of carbonyl (C=O) groups is 1. The fourth-order valence-electron chi connectivity index (χ4n) is 7.29. The van der Waals surface area contributed by atoms with Crippen molar-refractivity contribution >= 4 is 54.1 Å². The fraction of sp³-hybridized carbons (Fsp3) is 0.681. The number of anilines is 1. The minimum absolute atomic E-state index is 0.0746. The second kappa shape index (κ2) is 32.1. The largest absolute Gasteiger partial charge is 0.382 e. The molecule has 0 aliphatic carbocycles. The molecule has 5 heterocycles. The predicted molar refractivity (Wildman–Crippen MR) is 261 cm³/mol. The van der Waals surface area contributed by atoms with Crippen molar-refractivity contribution in [3.05, 3.63) is 35.2 Å². The number of nitrogens with one attached hydrogen (secondary N) is 1. The van der Waals surface area contributed by atoms with Gasteiger partial charge in [0.1, 0.15) is 11.3 Å². The average molecular weight is 989 g/mol. The minimum atomic E-state index is -3.44. The van der Waals surface area contributed by atoms with Crippen LogP contribution >= 0.6 is 11.3 Å². The summed E-state index contributed by atoms with van der Waals surface area (Å²) in [7, 11) is -3.44. The van der Waals surface area contributed by atoms with Crippen molar-refractivity contribution in [3.8, 4) is 11.8 Å². The van der Waals surface area contributed by atoms with Gasteiger partial charge in [-0.05, 0) is 56.1 Å². The van der Waals surface area contributed by atoms with E-state index in [9.17, 15) is 13.2 Å². The number of nitrogens with two attached hydrogens (primary N) is 1. The summed E-state index contributed by atoms with van der Waals surface area (Å²) in [5, 5.41) is 4.67. The monoisotopic (exact) mass is 988 g/mol. The quantitative estimate of drug-likeness (QED) is 0.0374. The van der Waals surface area contributed by atoms with Crippen molar-refractivity contribution < 1.29 is 51.1 Å². The van der Waals surface area contributed by atoms with Crippen LogP contribution in [-0.4, -0.2) is 182 Å². The van der Waals surface area contributed by atoms with E-state index < -0.39 is 9.84 Å². The molecule has 0 radical (unpaired) electrons. The molecule has 0 unspecified atom stereocenters. The van der Waals surface area contributed by atoms with Crippen LogP contribution in [0.4, 0.5) is 5.82 Å². The Morgan fingerprint density at radius 2 is 1.37 bits per heavy atom. The van der Waals surface area contributed by atoms with E-state index in [1.54, 1.807) is 11.3 Å². The molecule has 0 aromatic carbocycles. The zero-order valence-electron chi connectivity index (χ0n) is 40.0. The SMILES string of the molecule is CCCCc1nc2c(N)nc3ccsc3c2n1CC1CCN(CCOCCOCCOCCOCCOCCOCCOCCOCCNC(=O)CCCC#Cc2cnc(S(C)(=O)=O)nc2)CC1. The molecule has 68 heavy (non-hydrogen) atoms. The van der Waals surface area contributed by atoms with Gasteiger partial charge in [-0.1, -0.05) is 25.2 Å². The lowest BCUT2D eigenvalue weighted by Crippen LogP contribution is -2.37. The number of carbonyl (C=O) groups excluding carboxylic acids is 1. The Morgan fingerprint density at radius 1 is 0.809 bits per heavy atom. The highest BCUT2D eigenvalue weighted by Crippen LogP contribution is 2.34. The molecule has 1 saturated heterocycles. The van der Waals surface area contributed by atoms with Gasteiger partial charge < -0.3 is 58.4 Å². The van der Waals surface area contributed by atoms with E-state index in [1.807, 2.05) is 0 Å². The zero-order chi connectivity index (χ0) is 48.1. The van der Waals surface area contributed by atoms with Gasteiger partial charge in [-0.2, -0.15) is 0 Å². The maximum absolute atomic E-state index is 12.0. The molecule has 0 saturated carbocycles. The number of piperidine rings is 1. The summed E-state index contributed by atoms with van der Waals surface area (Å²) < 4.78 is 71.2. The summed E-state index contributed by atoms with van der Waals surface area (Å²) in [6, 6.07) is 2.05. The number of sulfone groups is 1. The van der Waals surface area contributed by atoms with Crippen LogP contribution in [0.2, 0.25) is 0 Å². The number of rotatable bonds is 36. The number of hydrogen-bond acceptors (Lipinski definition) is 18. The van der Waals surface area contributed by atoms with E-state index >= 15 is 0 Å². The topological polar surface area (TPSA) is 223 Å². The van der Waals surface area contributed by atoms with Crippen LogP contribution in [0.25, 0.3) is 21.3 Å². The molecule has 1 fully saturated rings. The first kappa shape index (κ1) is 55.0. The third-order valence-corrected chi connectivity index (χ3v) is 12.7. The van der Waals surface area contributed by atoms with E-state index in [0.717, 1.165) is 86.9 Å². The van der Waals surface area contributed by atoms with E-state index in [4.69, 9.17) is 48.6 Å². The first-order chi connectivity index (χ1) is 33.2. The van der Waals surface area contributed by atoms with Gasteiger partial charge in [0.2, 0.25) is 20.9 Å². The molecular formula is C47H72N8O11S2. The second-order valence-electron chi connectivity index (χ2n) is 16.3. The number of nitrogens with zero attached hydrogens (tertiary/aromatic N) is 6. The number of likely N-dealkylation sites (tertiary alicyclic amines) is 1. The van der Waals surface area contributed by atoms with Crippen molar-refractivity contribution in [3.63, 3.8) is 0 Å². The number of hydrogen-bond donors (Lipinski definition) is 2. The van der Waals surface area contributed by atoms with Crippen LogP contribution in [0.3, 0.4) is 0 Å². The number of thiophene rings is 1. The van der Waals surface area contributed by atoms with Crippen molar-refractivity contribution in [1.82, 2.24) is 34.7 Å². The van der Waals surface area contributed by atoms with Gasteiger partial charge in [-0.3, -0.25) is 4.79 Å². The highest BCUT2D eigenvalue weighted by Gasteiger charge is 2.24. The lowest BCUT2D eigenvalue weighted by molar-refractivity contribution is -0.121. The molecule has 4 aromatic rings. The molecular weight excluding hydrogens is 917 g/mol. The highest BCUT2D eigenvalue weighted by atomic mass is 32.2. The number of ether oxygens (including phenoxy) is 8. The first-order valence-electron chi connectivity index (χ1n) is 23.9. The molecule has 21 heteroatoms. The summed E-state index contributed by atoms with van der Waals surface area (Å²) in [5.41, 5.74) is 9.88. The Labute approximate surface area is 405 Å². The summed E-state index contributed by atoms with van der Waals surface area (Å²) >= 11 is 1.73. The second-order valence-corrected chi connectivity index (χ2v) is 19.1. The molecule has 0 atom stereocenters. The Hall–Kier alpha value is -3.92. The summed E-state index contributed by atoms with van der Waals surface area (Å²) in [5.74, 6) is 8.00. The summed E-state index contributed by atoms with van der Waals surface area (Å²) in [4.78, 5) is 31.7. The van der Waals surface area contributed by atoms with Gasteiger partial charge in [0.15, 0.2) is 5.82 Å². The van der Waals surface area contributed by atoms with Gasteiger partial charge in [0, 0.05) is 57.5 Å². The Bertz CT molecular complexity index is 2210. The Balaban J connectivity index is 0.718. The molecule has 378 valence electrons. The minimum Gasteiger partial charge on any atom is -0.382 e. The van der Waals surface area contributed by atoms with E-state index in [1.165, 1.54) is 17.1 Å². The standard InChI is InChI=1S/C47H72N8O11S2/c1-3-4-9-41-53-43-44(45-40(13-34-67-45)52-46(43)48)55(41)37-38-11-15-54(16-12-38)17-19-60-21-23-62-25-27-64-29-31-66-33-32-65-30-28-63-26-24-61-22-20-59-18-14-49-42(56)10-7-5-6-8-39-35-50-47(51-36-39)68(2,57)58/h13,34-36,38H,3-5,7,9-12,14-33,37H2,1-2H3,(H2,48,52)(H,49,56). The molecule has 1 aliphatic rings. The van der Waals surface area contributed by atoms with E-state index in [2.05, 4.69) is 59.9 Å². The predicted octanol–water partition coefficient (Wildman–Crippen LogP) is 3.95. The normalized spacial score (nSPS) is 13.7. The maximum Gasteiger partial charge on any atom is 0.246 e. The Morgan fingerprint density at radius 3 is 1.93 bits per heavy atom. The molecule has 0 bridgehead atoms. The number of aryl methyl sites for hydroxylation is 1. The zero-order valence-corrected chi connectivity index (χ0v) is 41.6. The fourth-order valence-corrected chi connectivity index (χ4v) is 8.67. The van der Waals surface area contributed by atoms with Crippen LogP contribution < -0.4 is 11.1 Å². The molecule has 5 rings (SSSR count). The van der Waals surface area contributed by atoms with Gasteiger partial charge in [0.05, 0.1) is 127 Å². The third-order valence-electron chi connectivity index (χ3n) is 10.9. The maximum atomic E-state index is 12.0. The number of nitrogen functional groups attached to an aromatic ring is 1. The highest BCUT2D eigenvalue weighted by molar-refractivity contribution is 7.90. The van der Waals surface area contributed by atoms with Crippen LogP contribution in [0.1, 0.15) is 63.3 Å².